The molecular weight excluding hydrogens is 504 g/mol. The molecule has 2 atom stereocenters. The summed E-state index contributed by atoms with van der Waals surface area (Å²) in [5.74, 6) is 0.833. The summed E-state index contributed by atoms with van der Waals surface area (Å²) in [7, 11) is 0. The highest BCUT2D eigenvalue weighted by Crippen LogP contribution is 2.37. The molecule has 0 amide bonds. The van der Waals surface area contributed by atoms with E-state index < -0.39 is 0 Å². The lowest BCUT2D eigenvalue weighted by molar-refractivity contribution is -0.106. The average molecular weight is 531 g/mol. The number of nitrogens with one attached hydrogen (secondary N) is 1. The molecule has 6 rings (SSSR count). The number of rotatable bonds is 7. The first-order valence-electron chi connectivity index (χ1n) is 12.6. The molecule has 2 aliphatic heterocycles. The minimum Gasteiger partial charge on any atom is -0.379 e. The minimum absolute atomic E-state index is 0.104. The number of hydrogen-bond donors (Lipinski definition) is 1. The van der Waals surface area contributed by atoms with Crippen molar-refractivity contribution in [3.8, 4) is 16.9 Å². The van der Waals surface area contributed by atoms with Crippen molar-refractivity contribution in [1.82, 2.24) is 40.0 Å². The van der Waals surface area contributed by atoms with Crippen molar-refractivity contribution < 1.29 is 9.53 Å². The topological polar surface area (TPSA) is 105 Å². The van der Waals surface area contributed by atoms with Gasteiger partial charge in [-0.15, -0.1) is 5.10 Å². The van der Waals surface area contributed by atoms with E-state index in [0.29, 0.717) is 30.5 Å². The molecule has 4 aromatic rings. The molecular formula is C27H27ClN8O2. The Morgan fingerprint density at radius 2 is 1.97 bits per heavy atom. The molecule has 194 valence electrons. The molecule has 0 aliphatic carbocycles. The number of aromatic amines is 1. The van der Waals surface area contributed by atoms with Crippen LogP contribution in [0.15, 0.2) is 66.8 Å². The summed E-state index contributed by atoms with van der Waals surface area (Å²) in [5, 5.41) is 12.1. The standard InChI is InChI=1S/C27H27ClN8O2/c28-21-6-7-25(36-18-30-32-33-36)20(12-21)13-23(17-37)35-16-22(34-8-10-38-11-9-34)14-26(35)27-29-15-24(31-27)19-4-2-1-3-5-19/h1-7,12-13,15,17-18,22,26H,8-11,14,16H2,(H,29,31)/b23-13+/t22-,26-/m0/s1. The summed E-state index contributed by atoms with van der Waals surface area (Å²) in [6.45, 7) is 3.87. The summed E-state index contributed by atoms with van der Waals surface area (Å²) in [5.41, 5.74) is 4.02. The van der Waals surface area contributed by atoms with Crippen molar-refractivity contribution in [2.45, 2.75) is 18.5 Å². The molecule has 38 heavy (non-hydrogen) atoms. The first-order valence-corrected chi connectivity index (χ1v) is 13.0. The van der Waals surface area contributed by atoms with Crippen molar-refractivity contribution in [2.75, 3.05) is 32.8 Å². The number of likely N-dealkylation sites (tertiary alicyclic amines) is 1. The lowest BCUT2D eigenvalue weighted by atomic mass is 10.1. The Kier molecular flexibility index (Phi) is 7.00. The Labute approximate surface area is 224 Å². The van der Waals surface area contributed by atoms with E-state index in [-0.39, 0.29) is 12.1 Å². The van der Waals surface area contributed by atoms with Crippen molar-refractivity contribution >= 4 is 24.0 Å². The molecule has 2 fully saturated rings. The zero-order valence-electron chi connectivity index (χ0n) is 20.7. The maximum absolute atomic E-state index is 12.6. The van der Waals surface area contributed by atoms with Crippen LogP contribution in [0, 0.1) is 0 Å². The number of aromatic nitrogens is 6. The summed E-state index contributed by atoms with van der Waals surface area (Å²) in [4.78, 5) is 25.5. The number of ether oxygens (including phenoxy) is 1. The lowest BCUT2D eigenvalue weighted by Gasteiger charge is -2.32. The third kappa shape index (κ3) is 4.98. The highest BCUT2D eigenvalue weighted by molar-refractivity contribution is 6.30. The van der Waals surface area contributed by atoms with Gasteiger partial charge in [0.05, 0.1) is 42.5 Å². The number of allylic oxidation sites excluding steroid dienone is 1. The normalized spacial score (nSPS) is 20.7. The fourth-order valence-corrected chi connectivity index (χ4v) is 5.48. The first-order chi connectivity index (χ1) is 18.7. The number of H-pyrrole nitrogens is 1. The van der Waals surface area contributed by atoms with Crippen LogP contribution in [0.3, 0.4) is 0 Å². The predicted molar refractivity (Wildman–Crippen MR) is 142 cm³/mol. The monoisotopic (exact) mass is 530 g/mol. The first kappa shape index (κ1) is 24.5. The average Bonchev–Trinajstić information content (AvgIpc) is 3.74. The van der Waals surface area contributed by atoms with Crippen LogP contribution >= 0.6 is 11.6 Å². The van der Waals surface area contributed by atoms with E-state index in [0.717, 1.165) is 54.1 Å². The van der Waals surface area contributed by atoms with Gasteiger partial charge in [-0.1, -0.05) is 41.9 Å². The molecule has 2 aromatic carbocycles. The number of carbonyl (C=O) groups is 1. The van der Waals surface area contributed by atoms with Crippen LogP contribution in [0.1, 0.15) is 23.9 Å². The number of tetrazole rings is 1. The molecule has 2 aliphatic rings. The van der Waals surface area contributed by atoms with E-state index in [2.05, 4.69) is 42.4 Å². The molecule has 0 radical (unpaired) electrons. The second-order valence-electron chi connectivity index (χ2n) is 9.40. The van der Waals surface area contributed by atoms with E-state index in [9.17, 15) is 4.79 Å². The number of aldehydes is 1. The molecule has 0 unspecified atom stereocenters. The van der Waals surface area contributed by atoms with Crippen molar-refractivity contribution in [2.24, 2.45) is 0 Å². The van der Waals surface area contributed by atoms with Crippen LogP contribution in [-0.2, 0) is 9.53 Å². The largest absolute Gasteiger partial charge is 0.379 e. The van der Waals surface area contributed by atoms with Crippen LogP contribution in [0.25, 0.3) is 23.0 Å². The van der Waals surface area contributed by atoms with E-state index >= 15 is 0 Å². The highest BCUT2D eigenvalue weighted by Gasteiger charge is 2.39. The van der Waals surface area contributed by atoms with Crippen molar-refractivity contribution in [3.63, 3.8) is 0 Å². The number of imidazole rings is 1. The zero-order chi connectivity index (χ0) is 25.9. The van der Waals surface area contributed by atoms with Gasteiger partial charge in [-0.2, -0.15) is 4.68 Å². The molecule has 0 spiro atoms. The Bertz CT molecular complexity index is 1420. The number of benzene rings is 2. The Morgan fingerprint density at radius 3 is 2.74 bits per heavy atom. The smallest absolute Gasteiger partial charge is 0.166 e. The Balaban J connectivity index is 1.38. The molecule has 11 heteroatoms. The number of nitrogens with zero attached hydrogens (tertiary/aromatic N) is 7. The van der Waals surface area contributed by atoms with Gasteiger partial charge in [0.25, 0.3) is 0 Å². The zero-order valence-corrected chi connectivity index (χ0v) is 21.4. The van der Waals surface area contributed by atoms with Crippen molar-refractivity contribution in [3.05, 3.63) is 83.2 Å². The Hall–Kier alpha value is -3.86. The minimum atomic E-state index is -0.104. The molecule has 0 bridgehead atoms. The van der Waals surface area contributed by atoms with E-state index in [1.165, 1.54) is 6.33 Å². The maximum atomic E-state index is 12.6. The summed E-state index contributed by atoms with van der Waals surface area (Å²) in [6.07, 6.45) is 6.97. The van der Waals surface area contributed by atoms with Gasteiger partial charge in [-0.3, -0.25) is 9.69 Å². The second kappa shape index (κ2) is 10.9. The molecule has 10 nitrogen and oxygen atoms in total. The van der Waals surface area contributed by atoms with Crippen molar-refractivity contribution in [1.29, 1.82) is 0 Å². The Morgan fingerprint density at radius 1 is 1.13 bits per heavy atom. The van der Waals surface area contributed by atoms with Gasteiger partial charge >= 0.3 is 0 Å². The predicted octanol–water partition coefficient (Wildman–Crippen LogP) is 3.39. The third-order valence-electron chi connectivity index (χ3n) is 7.18. The summed E-state index contributed by atoms with van der Waals surface area (Å²) >= 11 is 6.35. The number of morpholine rings is 1. The number of carbonyl (C=O) groups excluding carboxylic acids is 1. The van der Waals surface area contributed by atoms with Gasteiger partial charge in [-0.25, -0.2) is 4.98 Å². The van der Waals surface area contributed by atoms with Crippen LogP contribution in [0.4, 0.5) is 0 Å². The molecule has 2 saturated heterocycles. The van der Waals surface area contributed by atoms with E-state index in [1.807, 2.05) is 42.6 Å². The second-order valence-corrected chi connectivity index (χ2v) is 9.84. The quantitative estimate of drug-likeness (QED) is 0.286. The van der Waals surface area contributed by atoms with Gasteiger partial charge in [0.15, 0.2) is 6.29 Å². The van der Waals surface area contributed by atoms with Crippen LogP contribution < -0.4 is 0 Å². The fraction of sp³-hybridized carbons (Fsp3) is 0.296. The highest BCUT2D eigenvalue weighted by atomic mass is 35.5. The summed E-state index contributed by atoms with van der Waals surface area (Å²) in [6, 6.07) is 15.7. The molecule has 2 aromatic heterocycles. The number of hydrogen-bond acceptors (Lipinski definition) is 8. The lowest BCUT2D eigenvalue weighted by Crippen LogP contribution is -2.44. The number of halogens is 1. The fourth-order valence-electron chi connectivity index (χ4n) is 5.30. The van der Waals surface area contributed by atoms with Gasteiger partial charge in [0.2, 0.25) is 0 Å². The van der Waals surface area contributed by atoms with E-state index in [4.69, 9.17) is 21.3 Å². The molecule has 0 saturated carbocycles. The molecule has 1 N–H and O–H groups in total. The molecule has 4 heterocycles. The SMILES string of the molecule is O=C/C(=C\c1cc(Cl)ccc1-n1cnnn1)N1C[C@@H](N2CCOCC2)C[C@H]1c1ncc(-c2ccccc2)[nH]1. The third-order valence-corrected chi connectivity index (χ3v) is 7.41. The van der Waals surface area contributed by atoms with Gasteiger partial charge in [0, 0.05) is 36.3 Å². The maximum Gasteiger partial charge on any atom is 0.166 e. The van der Waals surface area contributed by atoms with Crippen LogP contribution in [-0.4, -0.2) is 85.2 Å². The van der Waals surface area contributed by atoms with Crippen LogP contribution in [0.5, 0.6) is 0 Å². The van der Waals surface area contributed by atoms with Gasteiger partial charge in [-0.05, 0) is 46.7 Å². The van der Waals surface area contributed by atoms with Gasteiger partial charge < -0.3 is 14.6 Å². The van der Waals surface area contributed by atoms with Crippen LogP contribution in [0.2, 0.25) is 5.02 Å². The summed E-state index contributed by atoms with van der Waals surface area (Å²) < 4.78 is 7.14. The van der Waals surface area contributed by atoms with E-state index in [1.54, 1.807) is 10.7 Å². The van der Waals surface area contributed by atoms with Gasteiger partial charge in [0.1, 0.15) is 12.2 Å².